The number of allylic oxidation sites excluding steroid dienone is 1. The van der Waals surface area contributed by atoms with Gasteiger partial charge in [-0.1, -0.05) is 24.3 Å². The quantitative estimate of drug-likeness (QED) is 0.455. The summed E-state index contributed by atoms with van der Waals surface area (Å²) in [5, 5.41) is 9.61. The minimum absolute atomic E-state index is 0.0547. The summed E-state index contributed by atoms with van der Waals surface area (Å²) >= 11 is 0. The lowest BCUT2D eigenvalue weighted by Gasteiger charge is -2.26. The van der Waals surface area contributed by atoms with Crippen molar-refractivity contribution >= 4 is 5.97 Å². The van der Waals surface area contributed by atoms with Crippen LogP contribution in [0.3, 0.4) is 0 Å². The van der Waals surface area contributed by atoms with Crippen LogP contribution in [0.4, 0.5) is 4.39 Å². The Morgan fingerprint density at radius 1 is 1.06 bits per heavy atom. The van der Waals surface area contributed by atoms with Crippen LogP contribution in [0.1, 0.15) is 28.2 Å². The third kappa shape index (κ3) is 4.80. The zero-order valence-electron chi connectivity index (χ0n) is 18.1. The number of hydrogen-bond acceptors (Lipinski definition) is 6. The first-order valence-corrected chi connectivity index (χ1v) is 10.2. The van der Waals surface area contributed by atoms with Crippen molar-refractivity contribution in [3.8, 4) is 23.3 Å². The molecule has 2 N–H and O–H groups in total. The van der Waals surface area contributed by atoms with E-state index in [1.54, 1.807) is 24.3 Å². The van der Waals surface area contributed by atoms with Crippen molar-refractivity contribution in [3.63, 3.8) is 0 Å². The van der Waals surface area contributed by atoms with Crippen LogP contribution < -0.4 is 19.9 Å². The van der Waals surface area contributed by atoms with E-state index in [0.29, 0.717) is 22.6 Å². The molecule has 0 saturated heterocycles. The minimum atomic E-state index is -0.582. The fourth-order valence-corrected chi connectivity index (χ4v) is 3.82. The van der Waals surface area contributed by atoms with Gasteiger partial charge in [-0.3, -0.25) is 0 Å². The van der Waals surface area contributed by atoms with Crippen LogP contribution in [0, 0.1) is 31.0 Å². The zero-order valence-corrected chi connectivity index (χ0v) is 18.1. The van der Waals surface area contributed by atoms with Gasteiger partial charge in [-0.2, -0.15) is 5.26 Å². The third-order valence-corrected chi connectivity index (χ3v) is 5.18. The van der Waals surface area contributed by atoms with E-state index in [4.69, 9.17) is 19.9 Å². The second kappa shape index (κ2) is 9.05. The first-order valence-electron chi connectivity index (χ1n) is 10.2. The Morgan fingerprint density at radius 3 is 2.42 bits per heavy atom. The molecule has 0 bridgehead atoms. The molecule has 4 rings (SSSR count). The maximum absolute atomic E-state index is 13.4. The summed E-state index contributed by atoms with van der Waals surface area (Å²) in [6.45, 7) is 3.63. The Kier molecular flexibility index (Phi) is 6.01. The van der Waals surface area contributed by atoms with Crippen molar-refractivity contribution in [1.82, 2.24) is 0 Å². The third-order valence-electron chi connectivity index (χ3n) is 5.18. The molecule has 0 spiro atoms. The van der Waals surface area contributed by atoms with E-state index >= 15 is 0 Å². The van der Waals surface area contributed by atoms with Gasteiger partial charge in [0.1, 0.15) is 34.7 Å². The van der Waals surface area contributed by atoms with Gasteiger partial charge in [-0.05, 0) is 60.9 Å². The summed E-state index contributed by atoms with van der Waals surface area (Å²) in [6, 6.07) is 18.4. The van der Waals surface area contributed by atoms with Gasteiger partial charge in [0.2, 0.25) is 5.88 Å². The number of carbonyl (C=O) groups excluding carboxylic acids is 1. The van der Waals surface area contributed by atoms with Gasteiger partial charge in [0.25, 0.3) is 0 Å². The molecule has 166 valence electrons. The van der Waals surface area contributed by atoms with Crippen LogP contribution in [0.5, 0.6) is 17.2 Å². The molecule has 1 heterocycles. The van der Waals surface area contributed by atoms with Crippen LogP contribution in [0.25, 0.3) is 0 Å². The van der Waals surface area contributed by atoms with E-state index in [1.807, 2.05) is 32.0 Å². The predicted molar refractivity (Wildman–Crippen MR) is 119 cm³/mol. The fraction of sp³-hybridized carbons (Fsp3) is 0.154. The average molecular weight is 444 g/mol. The summed E-state index contributed by atoms with van der Waals surface area (Å²) < 4.78 is 30.0. The number of benzene rings is 3. The first kappa shape index (κ1) is 21.9. The van der Waals surface area contributed by atoms with Gasteiger partial charge in [0, 0.05) is 11.6 Å². The van der Waals surface area contributed by atoms with Crippen molar-refractivity contribution < 1.29 is 23.4 Å². The van der Waals surface area contributed by atoms with Gasteiger partial charge >= 0.3 is 5.97 Å². The van der Waals surface area contributed by atoms with E-state index < -0.39 is 11.9 Å². The summed E-state index contributed by atoms with van der Waals surface area (Å²) in [4.78, 5) is 12.3. The maximum atomic E-state index is 13.4. The number of nitrogens with zero attached hydrogens (tertiary/aromatic N) is 1. The molecule has 7 heteroatoms. The Bertz CT molecular complexity index is 1270. The lowest BCUT2D eigenvalue weighted by Crippen LogP contribution is -2.21. The van der Waals surface area contributed by atoms with E-state index in [-0.39, 0.29) is 29.6 Å². The summed E-state index contributed by atoms with van der Waals surface area (Å²) in [6.07, 6.45) is 0. The topological polar surface area (TPSA) is 94.6 Å². The van der Waals surface area contributed by atoms with Crippen LogP contribution in [0.2, 0.25) is 0 Å². The highest BCUT2D eigenvalue weighted by Crippen LogP contribution is 2.43. The molecular weight excluding hydrogens is 423 g/mol. The summed E-state index contributed by atoms with van der Waals surface area (Å²) in [5.74, 6) is -0.372. The number of carbonyl (C=O) groups is 1. The van der Waals surface area contributed by atoms with Crippen molar-refractivity contribution in [2.24, 2.45) is 5.73 Å². The molecule has 0 aromatic heterocycles. The van der Waals surface area contributed by atoms with Gasteiger partial charge in [0.15, 0.2) is 6.61 Å². The number of halogens is 1. The Labute approximate surface area is 190 Å². The molecule has 1 aliphatic heterocycles. The van der Waals surface area contributed by atoms with E-state index in [2.05, 4.69) is 6.07 Å². The normalized spacial score (nSPS) is 14.7. The number of nitriles is 1. The van der Waals surface area contributed by atoms with Crippen LogP contribution in [-0.4, -0.2) is 12.6 Å². The first-order chi connectivity index (χ1) is 15.8. The van der Waals surface area contributed by atoms with Gasteiger partial charge in [-0.25, -0.2) is 9.18 Å². The molecule has 0 radical (unpaired) electrons. The molecule has 3 aromatic carbocycles. The Hall–Kier alpha value is -4.31. The molecule has 0 fully saturated rings. The fourth-order valence-electron chi connectivity index (χ4n) is 3.82. The maximum Gasteiger partial charge on any atom is 0.349 e. The SMILES string of the molecule is Cc1cc(C)cc(OCC(=O)Oc2ccc3c(c2)OC(N)=C(C#N)C3c2ccc(F)cc2)c1. The molecular formula is C26H21FN2O4. The van der Waals surface area contributed by atoms with Crippen LogP contribution in [0.15, 0.2) is 72.1 Å². The average Bonchev–Trinajstić information content (AvgIpc) is 2.77. The zero-order chi connectivity index (χ0) is 23.5. The Morgan fingerprint density at radius 2 is 1.76 bits per heavy atom. The standard InChI is InChI=1S/C26H21FN2O4/c1-15-9-16(2)11-20(10-15)31-14-24(30)32-19-7-8-21-23(12-19)33-26(29)22(13-28)25(21)17-3-5-18(27)6-4-17/h3-12,25H,14,29H2,1-2H3. The highest BCUT2D eigenvalue weighted by molar-refractivity contribution is 5.74. The largest absolute Gasteiger partial charge is 0.482 e. The van der Waals surface area contributed by atoms with E-state index in [1.165, 1.54) is 18.2 Å². The molecule has 6 nitrogen and oxygen atoms in total. The second-order valence-electron chi connectivity index (χ2n) is 7.76. The molecule has 33 heavy (non-hydrogen) atoms. The lowest BCUT2D eigenvalue weighted by atomic mass is 9.83. The van der Waals surface area contributed by atoms with Crippen LogP contribution >= 0.6 is 0 Å². The van der Waals surface area contributed by atoms with Gasteiger partial charge in [0.05, 0.1) is 5.92 Å². The van der Waals surface area contributed by atoms with Crippen LogP contribution in [-0.2, 0) is 4.79 Å². The van der Waals surface area contributed by atoms with Crippen molar-refractivity contribution in [2.45, 2.75) is 19.8 Å². The number of esters is 1. The predicted octanol–water partition coefficient (Wildman–Crippen LogP) is 4.65. The van der Waals surface area contributed by atoms with E-state index in [0.717, 1.165) is 11.1 Å². The number of nitrogens with two attached hydrogens (primary N) is 1. The monoisotopic (exact) mass is 444 g/mol. The summed E-state index contributed by atoms with van der Waals surface area (Å²) in [7, 11) is 0. The summed E-state index contributed by atoms with van der Waals surface area (Å²) in [5.41, 5.74) is 9.61. The van der Waals surface area contributed by atoms with E-state index in [9.17, 15) is 14.4 Å². The number of rotatable bonds is 5. The molecule has 0 saturated carbocycles. The Balaban J connectivity index is 1.53. The number of hydrogen-bond donors (Lipinski definition) is 1. The second-order valence-corrected chi connectivity index (χ2v) is 7.76. The highest BCUT2D eigenvalue weighted by atomic mass is 19.1. The lowest BCUT2D eigenvalue weighted by molar-refractivity contribution is -0.136. The molecule has 1 aliphatic rings. The van der Waals surface area contributed by atoms with Crippen molar-refractivity contribution in [1.29, 1.82) is 5.26 Å². The number of aryl methyl sites for hydroxylation is 2. The molecule has 0 amide bonds. The number of fused-ring (bicyclic) bond motifs is 1. The molecule has 1 atom stereocenters. The highest BCUT2D eigenvalue weighted by Gasteiger charge is 2.31. The molecule has 0 aliphatic carbocycles. The molecule has 3 aromatic rings. The number of ether oxygens (including phenoxy) is 3. The van der Waals surface area contributed by atoms with Crippen molar-refractivity contribution in [3.05, 3.63) is 100 Å². The van der Waals surface area contributed by atoms with Gasteiger partial charge in [-0.15, -0.1) is 0 Å². The molecule has 1 unspecified atom stereocenters. The van der Waals surface area contributed by atoms with Gasteiger partial charge < -0.3 is 19.9 Å². The van der Waals surface area contributed by atoms with Crippen molar-refractivity contribution in [2.75, 3.05) is 6.61 Å². The smallest absolute Gasteiger partial charge is 0.349 e. The minimum Gasteiger partial charge on any atom is -0.482 e.